The molecule has 28 heavy (non-hydrogen) atoms. The van der Waals surface area contributed by atoms with Gasteiger partial charge in [0, 0.05) is 5.56 Å². The van der Waals surface area contributed by atoms with Crippen molar-refractivity contribution in [3.63, 3.8) is 0 Å². The highest BCUT2D eigenvalue weighted by atomic mass is 35.5. The molecular weight excluding hydrogens is 382 g/mol. The van der Waals surface area contributed by atoms with Crippen LogP contribution >= 0.6 is 11.6 Å². The van der Waals surface area contributed by atoms with E-state index in [2.05, 4.69) is 5.32 Å². The van der Waals surface area contributed by atoms with Crippen LogP contribution in [0.2, 0.25) is 5.02 Å². The van der Waals surface area contributed by atoms with Gasteiger partial charge < -0.3 is 19.5 Å². The van der Waals surface area contributed by atoms with E-state index in [4.69, 9.17) is 25.8 Å². The number of fused-ring (bicyclic) bond motifs is 1. The molecule has 0 aromatic heterocycles. The van der Waals surface area contributed by atoms with Crippen LogP contribution in [0.15, 0.2) is 36.4 Å². The molecule has 0 saturated heterocycles. The fourth-order valence-corrected chi connectivity index (χ4v) is 2.95. The standard InChI is InChI=1S/C21H20ClNO5/c1-12(2)28-21-15(22)8-13(9-19(21)26-3)4-6-17(24)14-5-7-18-16(10-14)23-20(25)11-27-18/h4-10,12H,11H2,1-3H3,(H,23,25)/b6-4+. The van der Waals surface area contributed by atoms with Crippen molar-refractivity contribution < 1.29 is 23.8 Å². The summed E-state index contributed by atoms with van der Waals surface area (Å²) in [5.41, 5.74) is 1.61. The summed E-state index contributed by atoms with van der Waals surface area (Å²) in [7, 11) is 1.53. The SMILES string of the molecule is COc1cc(/C=C/C(=O)c2ccc3c(c2)NC(=O)CO3)cc(Cl)c1OC(C)C. The van der Waals surface area contributed by atoms with Crippen molar-refractivity contribution in [1.29, 1.82) is 0 Å². The lowest BCUT2D eigenvalue weighted by Gasteiger charge is -2.18. The largest absolute Gasteiger partial charge is 0.493 e. The minimum absolute atomic E-state index is 0.0285. The first-order chi connectivity index (χ1) is 13.4. The van der Waals surface area contributed by atoms with Crippen LogP contribution in [-0.2, 0) is 4.79 Å². The van der Waals surface area contributed by atoms with Crippen LogP contribution in [-0.4, -0.2) is 31.5 Å². The number of methoxy groups -OCH3 is 1. The van der Waals surface area contributed by atoms with Gasteiger partial charge in [-0.15, -0.1) is 0 Å². The first-order valence-electron chi connectivity index (χ1n) is 8.70. The fourth-order valence-electron chi connectivity index (χ4n) is 2.69. The van der Waals surface area contributed by atoms with Gasteiger partial charge in [0.2, 0.25) is 0 Å². The van der Waals surface area contributed by atoms with Crippen molar-refractivity contribution in [3.05, 3.63) is 52.6 Å². The molecule has 146 valence electrons. The maximum absolute atomic E-state index is 12.5. The van der Waals surface area contributed by atoms with Gasteiger partial charge in [0.15, 0.2) is 23.9 Å². The van der Waals surface area contributed by atoms with Gasteiger partial charge in [-0.2, -0.15) is 0 Å². The Morgan fingerprint density at radius 1 is 1.29 bits per heavy atom. The Labute approximate surface area is 168 Å². The average Bonchev–Trinajstić information content (AvgIpc) is 2.66. The number of hydrogen-bond donors (Lipinski definition) is 1. The average molecular weight is 402 g/mol. The van der Waals surface area contributed by atoms with E-state index in [1.807, 2.05) is 13.8 Å². The molecule has 0 spiro atoms. The number of rotatable bonds is 6. The molecule has 0 atom stereocenters. The molecule has 0 saturated carbocycles. The van der Waals surface area contributed by atoms with Gasteiger partial charge in [-0.25, -0.2) is 0 Å². The Balaban J connectivity index is 1.82. The lowest BCUT2D eigenvalue weighted by molar-refractivity contribution is -0.118. The number of ketones is 1. The normalized spacial score (nSPS) is 13.1. The maximum Gasteiger partial charge on any atom is 0.262 e. The Morgan fingerprint density at radius 3 is 2.79 bits per heavy atom. The molecule has 0 fully saturated rings. The van der Waals surface area contributed by atoms with E-state index in [-0.39, 0.29) is 24.4 Å². The molecule has 3 rings (SSSR count). The minimum Gasteiger partial charge on any atom is -0.493 e. The second-order valence-electron chi connectivity index (χ2n) is 6.45. The van der Waals surface area contributed by atoms with E-state index >= 15 is 0 Å². The summed E-state index contributed by atoms with van der Waals surface area (Å²) in [5.74, 6) is 1.02. The number of halogens is 1. The second-order valence-corrected chi connectivity index (χ2v) is 6.85. The molecule has 7 heteroatoms. The molecule has 0 aliphatic carbocycles. The van der Waals surface area contributed by atoms with Crippen molar-refractivity contribution in [2.75, 3.05) is 19.0 Å². The molecule has 2 aromatic carbocycles. The van der Waals surface area contributed by atoms with E-state index in [9.17, 15) is 9.59 Å². The van der Waals surface area contributed by atoms with Crippen molar-refractivity contribution in [3.8, 4) is 17.2 Å². The van der Waals surface area contributed by atoms with Crippen LogP contribution in [0.25, 0.3) is 6.08 Å². The van der Waals surface area contributed by atoms with Gasteiger partial charge in [-0.1, -0.05) is 17.7 Å². The van der Waals surface area contributed by atoms with E-state index in [1.165, 1.54) is 13.2 Å². The number of anilines is 1. The number of carbonyl (C=O) groups excluding carboxylic acids is 2. The van der Waals surface area contributed by atoms with Gasteiger partial charge in [-0.3, -0.25) is 9.59 Å². The highest BCUT2D eigenvalue weighted by Gasteiger charge is 2.17. The predicted molar refractivity (Wildman–Crippen MR) is 108 cm³/mol. The molecule has 1 heterocycles. The molecule has 1 aliphatic rings. The number of hydrogen-bond acceptors (Lipinski definition) is 5. The first-order valence-corrected chi connectivity index (χ1v) is 9.08. The highest BCUT2D eigenvalue weighted by molar-refractivity contribution is 6.32. The lowest BCUT2D eigenvalue weighted by atomic mass is 10.1. The van der Waals surface area contributed by atoms with E-state index in [1.54, 1.807) is 36.4 Å². The Bertz CT molecular complexity index is 952. The summed E-state index contributed by atoms with van der Waals surface area (Å²) in [6.07, 6.45) is 3.02. The summed E-state index contributed by atoms with van der Waals surface area (Å²) in [4.78, 5) is 23.9. The zero-order valence-electron chi connectivity index (χ0n) is 15.7. The van der Waals surface area contributed by atoms with E-state index in [0.29, 0.717) is 39.1 Å². The fraction of sp³-hybridized carbons (Fsp3) is 0.238. The molecule has 0 radical (unpaired) electrons. The van der Waals surface area contributed by atoms with Crippen LogP contribution in [0.1, 0.15) is 29.8 Å². The van der Waals surface area contributed by atoms with Gasteiger partial charge in [0.1, 0.15) is 5.75 Å². The molecule has 1 N–H and O–H groups in total. The van der Waals surface area contributed by atoms with Crippen LogP contribution in [0.5, 0.6) is 17.2 Å². The van der Waals surface area contributed by atoms with Crippen LogP contribution < -0.4 is 19.5 Å². The topological polar surface area (TPSA) is 73.9 Å². The summed E-state index contributed by atoms with van der Waals surface area (Å²) in [6, 6.07) is 8.34. The predicted octanol–water partition coefficient (Wildman–Crippen LogP) is 4.36. The Hall–Kier alpha value is -2.99. The second kappa shape index (κ2) is 8.35. The molecule has 1 amide bonds. The molecule has 0 unspecified atom stereocenters. The zero-order valence-corrected chi connectivity index (χ0v) is 16.5. The summed E-state index contributed by atoms with van der Waals surface area (Å²) in [6.45, 7) is 3.77. The van der Waals surface area contributed by atoms with Crippen LogP contribution in [0.4, 0.5) is 5.69 Å². The van der Waals surface area contributed by atoms with Crippen LogP contribution in [0.3, 0.4) is 0 Å². The molecule has 2 aromatic rings. The van der Waals surface area contributed by atoms with Crippen molar-refractivity contribution in [1.82, 2.24) is 0 Å². The smallest absolute Gasteiger partial charge is 0.262 e. The summed E-state index contributed by atoms with van der Waals surface area (Å²) < 4.78 is 16.3. The molecule has 6 nitrogen and oxygen atoms in total. The third-order valence-electron chi connectivity index (χ3n) is 3.93. The molecule has 0 bridgehead atoms. The third kappa shape index (κ3) is 4.46. The number of amides is 1. The Kier molecular flexibility index (Phi) is 5.90. The Morgan fingerprint density at radius 2 is 2.07 bits per heavy atom. The lowest BCUT2D eigenvalue weighted by Crippen LogP contribution is -2.25. The monoisotopic (exact) mass is 401 g/mol. The van der Waals surface area contributed by atoms with Gasteiger partial charge in [0.05, 0.1) is 23.9 Å². The van der Waals surface area contributed by atoms with Crippen molar-refractivity contribution in [2.45, 2.75) is 20.0 Å². The number of allylic oxidation sites excluding steroid dienone is 1. The first kappa shape index (κ1) is 19.8. The minimum atomic E-state index is -0.252. The summed E-state index contributed by atoms with van der Waals surface area (Å²) >= 11 is 6.30. The summed E-state index contributed by atoms with van der Waals surface area (Å²) in [5, 5.41) is 3.08. The maximum atomic E-state index is 12.5. The third-order valence-corrected chi connectivity index (χ3v) is 4.21. The van der Waals surface area contributed by atoms with E-state index < -0.39 is 0 Å². The van der Waals surface area contributed by atoms with E-state index in [0.717, 1.165) is 0 Å². The molecule has 1 aliphatic heterocycles. The van der Waals surface area contributed by atoms with Gasteiger partial charge in [-0.05, 0) is 55.8 Å². The van der Waals surface area contributed by atoms with Gasteiger partial charge in [0.25, 0.3) is 5.91 Å². The van der Waals surface area contributed by atoms with Gasteiger partial charge >= 0.3 is 0 Å². The van der Waals surface area contributed by atoms with Crippen molar-refractivity contribution in [2.24, 2.45) is 0 Å². The number of nitrogens with one attached hydrogen (secondary N) is 1. The quantitative estimate of drug-likeness (QED) is 0.575. The molecular formula is C21H20ClNO5. The number of carbonyl (C=O) groups is 2. The number of benzene rings is 2. The number of ether oxygens (including phenoxy) is 3. The van der Waals surface area contributed by atoms with Crippen LogP contribution in [0, 0.1) is 0 Å². The highest BCUT2D eigenvalue weighted by Crippen LogP contribution is 2.37. The zero-order chi connectivity index (χ0) is 20.3. The van der Waals surface area contributed by atoms with Crippen molar-refractivity contribution >= 4 is 35.1 Å².